The van der Waals surface area contributed by atoms with E-state index in [1.807, 2.05) is 20.0 Å². The van der Waals surface area contributed by atoms with E-state index in [4.69, 9.17) is 0 Å². The molecule has 1 heterocycles. The van der Waals surface area contributed by atoms with Crippen LogP contribution in [0.1, 0.15) is 92.1 Å². The van der Waals surface area contributed by atoms with Gasteiger partial charge in [-0.05, 0) is 105 Å². The standard InChI is InChI=1S/C30H45N3O/c1-18-7-9-23-21(13-18)8-10-25-24(23)11-12-30(6)27(25)19(2)20(3)28(30)26(34)16-33-15-22(14-32-33)29(4,5)17-31/h14-15,18-21,23-25,27-28H,7-13,16H2,1-6H3/t18?,19-,20?,21?,23?,24?,25?,27?,28?,30?/m1/s1. The predicted octanol–water partition coefficient (Wildman–Crippen LogP) is 6.65. The third kappa shape index (κ3) is 3.68. The van der Waals surface area contributed by atoms with E-state index < -0.39 is 5.41 Å². The molecular weight excluding hydrogens is 418 g/mol. The van der Waals surface area contributed by atoms with Gasteiger partial charge in [-0.1, -0.05) is 34.1 Å². The molecule has 186 valence electrons. The maximum absolute atomic E-state index is 13.9. The molecule has 0 amide bonds. The van der Waals surface area contributed by atoms with Gasteiger partial charge in [0.25, 0.3) is 0 Å². The fourth-order valence-electron chi connectivity index (χ4n) is 9.70. The van der Waals surface area contributed by atoms with Crippen LogP contribution in [0.3, 0.4) is 0 Å². The van der Waals surface area contributed by atoms with Crippen LogP contribution in [0.15, 0.2) is 12.4 Å². The minimum Gasteiger partial charge on any atom is -0.297 e. The van der Waals surface area contributed by atoms with Gasteiger partial charge in [-0.3, -0.25) is 9.48 Å². The summed E-state index contributed by atoms with van der Waals surface area (Å²) in [5.41, 5.74) is 0.425. The molecule has 10 atom stereocenters. The minimum absolute atomic E-state index is 0.119. The maximum atomic E-state index is 13.9. The quantitative estimate of drug-likeness (QED) is 0.502. The molecular formula is C30H45N3O. The van der Waals surface area contributed by atoms with E-state index in [9.17, 15) is 10.1 Å². The average Bonchev–Trinajstić information content (AvgIpc) is 3.34. The van der Waals surface area contributed by atoms with Crippen LogP contribution < -0.4 is 0 Å². The molecule has 4 nitrogen and oxygen atoms in total. The molecule has 1 aromatic heterocycles. The highest BCUT2D eigenvalue weighted by Gasteiger charge is 2.63. The molecule has 0 aromatic carbocycles. The molecule has 0 bridgehead atoms. The van der Waals surface area contributed by atoms with E-state index in [1.54, 1.807) is 10.9 Å². The Kier molecular flexibility index (Phi) is 6.01. The number of nitrogens with zero attached hydrogens (tertiary/aromatic N) is 3. The van der Waals surface area contributed by atoms with E-state index in [0.29, 0.717) is 30.1 Å². The van der Waals surface area contributed by atoms with Crippen molar-refractivity contribution < 1.29 is 4.79 Å². The number of carbonyl (C=O) groups is 1. The smallest absolute Gasteiger partial charge is 0.158 e. The summed E-state index contributed by atoms with van der Waals surface area (Å²) in [7, 11) is 0. The van der Waals surface area contributed by atoms with Gasteiger partial charge in [0.1, 0.15) is 0 Å². The van der Waals surface area contributed by atoms with Crippen LogP contribution in [-0.2, 0) is 16.8 Å². The summed E-state index contributed by atoms with van der Waals surface area (Å²) in [6, 6.07) is 2.35. The number of fused-ring (bicyclic) bond motifs is 5. The number of ketones is 1. The zero-order valence-corrected chi connectivity index (χ0v) is 22.3. The van der Waals surface area contributed by atoms with Crippen LogP contribution in [0, 0.1) is 70.0 Å². The predicted molar refractivity (Wildman–Crippen MR) is 135 cm³/mol. The highest BCUT2D eigenvalue weighted by Crippen LogP contribution is 2.67. The topological polar surface area (TPSA) is 58.7 Å². The first kappa shape index (κ1) is 24.1. The molecule has 1 aromatic rings. The Hall–Kier alpha value is -1.63. The summed E-state index contributed by atoms with van der Waals surface area (Å²) in [6.45, 7) is 13.9. The van der Waals surface area contributed by atoms with Gasteiger partial charge >= 0.3 is 0 Å². The lowest BCUT2D eigenvalue weighted by atomic mass is 9.48. The van der Waals surface area contributed by atoms with Crippen LogP contribution in [-0.4, -0.2) is 15.6 Å². The van der Waals surface area contributed by atoms with E-state index in [0.717, 1.165) is 35.2 Å². The van der Waals surface area contributed by atoms with Crippen molar-refractivity contribution in [1.82, 2.24) is 9.78 Å². The van der Waals surface area contributed by atoms with Gasteiger partial charge < -0.3 is 0 Å². The number of hydrogen-bond acceptors (Lipinski definition) is 3. The highest BCUT2D eigenvalue weighted by atomic mass is 16.1. The first-order chi connectivity index (χ1) is 16.1. The molecule has 5 rings (SSSR count). The van der Waals surface area contributed by atoms with E-state index >= 15 is 0 Å². The van der Waals surface area contributed by atoms with Crippen LogP contribution in [0.4, 0.5) is 0 Å². The normalized spacial score (nSPS) is 44.0. The Morgan fingerprint density at radius 3 is 2.59 bits per heavy atom. The average molecular weight is 464 g/mol. The van der Waals surface area contributed by atoms with Crippen molar-refractivity contribution in [2.24, 2.45) is 58.7 Å². The Morgan fingerprint density at radius 2 is 1.85 bits per heavy atom. The van der Waals surface area contributed by atoms with E-state index in [1.165, 1.54) is 44.9 Å². The van der Waals surface area contributed by atoms with Gasteiger partial charge in [-0.2, -0.15) is 10.4 Å². The Labute approximate surface area is 206 Å². The maximum Gasteiger partial charge on any atom is 0.158 e. The van der Waals surface area contributed by atoms with Gasteiger partial charge in [-0.25, -0.2) is 0 Å². The molecule has 34 heavy (non-hydrogen) atoms. The third-order valence-electron chi connectivity index (χ3n) is 11.4. The van der Waals surface area contributed by atoms with Crippen molar-refractivity contribution in [3.8, 4) is 6.07 Å². The molecule has 9 unspecified atom stereocenters. The monoisotopic (exact) mass is 463 g/mol. The molecule has 0 radical (unpaired) electrons. The van der Waals surface area contributed by atoms with Crippen LogP contribution in [0.5, 0.6) is 0 Å². The van der Waals surface area contributed by atoms with Crippen LogP contribution in [0.25, 0.3) is 0 Å². The number of rotatable bonds is 4. The van der Waals surface area contributed by atoms with E-state index in [2.05, 4.69) is 38.9 Å². The second-order valence-corrected chi connectivity index (χ2v) is 13.6. The van der Waals surface area contributed by atoms with Crippen molar-refractivity contribution in [3.05, 3.63) is 18.0 Å². The second-order valence-electron chi connectivity index (χ2n) is 13.6. The Morgan fingerprint density at radius 1 is 1.12 bits per heavy atom. The molecule has 0 aliphatic heterocycles. The van der Waals surface area contributed by atoms with Gasteiger partial charge in [-0.15, -0.1) is 0 Å². The van der Waals surface area contributed by atoms with Crippen molar-refractivity contribution in [2.75, 3.05) is 0 Å². The van der Waals surface area contributed by atoms with Gasteiger partial charge in [0, 0.05) is 17.7 Å². The molecule has 4 saturated carbocycles. The zero-order chi connectivity index (χ0) is 24.4. The summed E-state index contributed by atoms with van der Waals surface area (Å²) >= 11 is 0. The summed E-state index contributed by atoms with van der Waals surface area (Å²) in [5.74, 6) is 6.73. The van der Waals surface area contributed by atoms with Gasteiger partial charge in [0.15, 0.2) is 5.78 Å². The summed E-state index contributed by atoms with van der Waals surface area (Å²) in [4.78, 5) is 13.9. The fourth-order valence-corrected chi connectivity index (χ4v) is 9.70. The van der Waals surface area contributed by atoms with Gasteiger partial charge in [0.05, 0.1) is 24.2 Å². The molecule has 0 spiro atoms. The molecule has 4 aliphatic rings. The lowest BCUT2D eigenvalue weighted by molar-refractivity contribution is -0.132. The van der Waals surface area contributed by atoms with Gasteiger partial charge in [0.2, 0.25) is 0 Å². The Balaban J connectivity index is 1.36. The van der Waals surface area contributed by atoms with Crippen molar-refractivity contribution in [2.45, 2.75) is 98.4 Å². The molecule has 0 N–H and O–H groups in total. The molecule has 0 saturated heterocycles. The summed E-state index contributed by atoms with van der Waals surface area (Å²) < 4.78 is 1.78. The second kappa shape index (κ2) is 8.49. The first-order valence-electron chi connectivity index (χ1n) is 14.0. The molecule has 4 fully saturated rings. The SMILES string of the molecule is CC1CCC2C(CCC3C2CCC2(C)C(C(=O)Cn4cc(C(C)(C)C#N)cn4)C(C)[C@@H](C)C32)C1. The zero-order valence-electron chi connectivity index (χ0n) is 22.3. The number of Topliss-reactive ketones (excluding diaryl/α,β-unsaturated/α-hetero) is 1. The van der Waals surface area contributed by atoms with Crippen molar-refractivity contribution >= 4 is 5.78 Å². The third-order valence-corrected chi connectivity index (χ3v) is 11.4. The Bertz CT molecular complexity index is 972. The summed E-state index contributed by atoms with van der Waals surface area (Å²) in [6.07, 6.45) is 13.4. The largest absolute Gasteiger partial charge is 0.297 e. The van der Waals surface area contributed by atoms with Crippen molar-refractivity contribution in [1.29, 1.82) is 5.26 Å². The lowest BCUT2D eigenvalue weighted by Crippen LogP contribution is -2.50. The molecule has 4 heteroatoms. The van der Waals surface area contributed by atoms with Crippen LogP contribution >= 0.6 is 0 Å². The first-order valence-corrected chi connectivity index (χ1v) is 14.0. The van der Waals surface area contributed by atoms with E-state index in [-0.39, 0.29) is 11.3 Å². The number of nitriles is 1. The fraction of sp³-hybridized carbons (Fsp3) is 0.833. The number of carbonyl (C=O) groups excluding carboxylic acids is 1. The highest BCUT2D eigenvalue weighted by molar-refractivity contribution is 5.82. The minimum atomic E-state index is -0.582. The summed E-state index contributed by atoms with van der Waals surface area (Å²) in [5, 5.41) is 13.9. The van der Waals surface area contributed by atoms with Crippen LogP contribution in [0.2, 0.25) is 0 Å². The number of hydrogen-bond donors (Lipinski definition) is 0. The lowest BCUT2D eigenvalue weighted by Gasteiger charge is -2.56. The number of aromatic nitrogens is 2. The molecule has 4 aliphatic carbocycles. The van der Waals surface area contributed by atoms with Crippen molar-refractivity contribution in [3.63, 3.8) is 0 Å².